The topological polar surface area (TPSA) is 74.2 Å². The van der Waals surface area contributed by atoms with E-state index < -0.39 is 0 Å². The van der Waals surface area contributed by atoms with Crippen LogP contribution in [0.2, 0.25) is 0 Å². The Morgan fingerprint density at radius 3 is 2.53 bits per heavy atom. The molecule has 1 atom stereocenters. The molecule has 1 fully saturated rings. The molecule has 7 nitrogen and oxygen atoms in total. The normalized spacial score (nSPS) is 21.2. The number of fused-ring (bicyclic) bond motifs is 5. The van der Waals surface area contributed by atoms with E-state index in [4.69, 9.17) is 9.73 Å². The van der Waals surface area contributed by atoms with Crippen LogP contribution < -0.4 is 10.1 Å². The first-order valence-corrected chi connectivity index (χ1v) is 11.7. The molecule has 0 aromatic heterocycles. The largest absolute Gasteiger partial charge is 0.478 e. The molecule has 2 aromatic carbocycles. The van der Waals surface area contributed by atoms with Gasteiger partial charge in [0.1, 0.15) is 11.4 Å². The standard InChI is InChI=1S/C27H26N4O3/c1-30-12-14-31(15-13-30)11-10-28-20-16-22-25(29-19-8-4-5-9-21(19)34-22)24-23(20)26(32)17-6-2-3-7-18(17)27(24)33/h2-9,16,21,28H,10-15H2,1H3. The number of likely N-dealkylation sites (N-methyl/N-ethyl adjacent to an activating group) is 1. The number of benzene rings is 2. The maximum absolute atomic E-state index is 13.6. The van der Waals surface area contributed by atoms with Crippen LogP contribution in [0, 0.1) is 0 Å². The number of hydrogen-bond acceptors (Lipinski definition) is 7. The molecule has 2 aliphatic heterocycles. The predicted octanol–water partition coefficient (Wildman–Crippen LogP) is 3.08. The third-order valence-corrected chi connectivity index (χ3v) is 6.93. The molecule has 172 valence electrons. The molecule has 2 aliphatic carbocycles. The molecule has 1 N–H and O–H groups in total. The molecule has 1 unspecified atom stereocenters. The molecule has 0 spiro atoms. The van der Waals surface area contributed by atoms with Crippen LogP contribution in [-0.4, -0.2) is 79.5 Å². The first-order chi connectivity index (χ1) is 16.6. The zero-order valence-electron chi connectivity index (χ0n) is 19.1. The lowest BCUT2D eigenvalue weighted by Gasteiger charge is -2.32. The van der Waals surface area contributed by atoms with E-state index in [0.717, 1.165) is 38.4 Å². The van der Waals surface area contributed by atoms with E-state index in [2.05, 4.69) is 22.2 Å². The van der Waals surface area contributed by atoms with E-state index in [1.165, 1.54) is 0 Å². The van der Waals surface area contributed by atoms with Gasteiger partial charge in [-0.3, -0.25) is 14.5 Å². The Morgan fingerprint density at radius 2 is 1.76 bits per heavy atom. The summed E-state index contributed by atoms with van der Waals surface area (Å²) in [5.41, 5.74) is 3.37. The molecule has 6 rings (SSSR count). The first kappa shape index (κ1) is 21.0. The summed E-state index contributed by atoms with van der Waals surface area (Å²) in [5.74, 6) is 0.178. The monoisotopic (exact) mass is 454 g/mol. The number of ketones is 2. The van der Waals surface area contributed by atoms with E-state index in [9.17, 15) is 9.59 Å². The minimum absolute atomic E-state index is 0.156. The highest BCUT2D eigenvalue weighted by Gasteiger charge is 2.37. The Labute approximate surface area is 198 Å². The van der Waals surface area contributed by atoms with Crippen molar-refractivity contribution in [1.29, 1.82) is 0 Å². The fraction of sp³-hybridized carbons (Fsp3) is 0.296. The quantitative estimate of drug-likeness (QED) is 0.653. The zero-order chi connectivity index (χ0) is 23.2. The highest BCUT2D eigenvalue weighted by atomic mass is 16.5. The summed E-state index contributed by atoms with van der Waals surface area (Å²) in [6, 6.07) is 8.84. The lowest BCUT2D eigenvalue weighted by atomic mass is 9.81. The second-order valence-corrected chi connectivity index (χ2v) is 9.12. The molecule has 1 saturated heterocycles. The highest BCUT2D eigenvalue weighted by molar-refractivity contribution is 6.32. The maximum atomic E-state index is 13.6. The summed E-state index contributed by atoms with van der Waals surface area (Å²) in [6.07, 6.45) is 7.34. The van der Waals surface area contributed by atoms with E-state index >= 15 is 0 Å². The molecule has 4 aliphatic rings. The Bertz CT molecular complexity index is 1290. The zero-order valence-corrected chi connectivity index (χ0v) is 19.1. The second-order valence-electron chi connectivity index (χ2n) is 9.12. The summed E-state index contributed by atoms with van der Waals surface area (Å²) >= 11 is 0. The van der Waals surface area contributed by atoms with Crippen LogP contribution in [0.25, 0.3) is 0 Å². The van der Waals surface area contributed by atoms with Gasteiger partial charge in [-0.15, -0.1) is 0 Å². The molecule has 0 radical (unpaired) electrons. The molecule has 0 bridgehead atoms. The number of anilines is 1. The molecule has 0 amide bonds. The van der Waals surface area contributed by atoms with Gasteiger partial charge < -0.3 is 15.0 Å². The van der Waals surface area contributed by atoms with Crippen molar-refractivity contribution in [2.24, 2.45) is 4.99 Å². The van der Waals surface area contributed by atoms with Gasteiger partial charge in [0.25, 0.3) is 0 Å². The van der Waals surface area contributed by atoms with Crippen molar-refractivity contribution in [3.63, 3.8) is 0 Å². The second kappa shape index (κ2) is 8.34. The molecule has 2 aromatic rings. The van der Waals surface area contributed by atoms with E-state index in [-0.39, 0.29) is 17.7 Å². The Balaban J connectivity index is 1.40. The number of hydrogen-bond donors (Lipinski definition) is 1. The summed E-state index contributed by atoms with van der Waals surface area (Å²) < 4.78 is 6.23. The van der Waals surface area contributed by atoms with Crippen LogP contribution in [0.1, 0.15) is 31.8 Å². The molecule has 7 heteroatoms. The van der Waals surface area contributed by atoms with Gasteiger partial charge in [0.05, 0.1) is 16.8 Å². The summed E-state index contributed by atoms with van der Waals surface area (Å²) in [6.45, 7) is 5.67. The Kier molecular flexibility index (Phi) is 5.16. The summed E-state index contributed by atoms with van der Waals surface area (Å²) in [5, 5.41) is 3.45. The lowest BCUT2D eigenvalue weighted by Crippen LogP contribution is -2.45. The minimum atomic E-state index is -0.296. The SMILES string of the molecule is CN1CCN(CCNc2cc3c(c4c2C(=O)c2ccccc2C4=O)N=C2C=CC=CC2O3)CC1. The number of allylic oxidation sites excluding steroid dienone is 2. The number of rotatable bonds is 4. The first-order valence-electron chi connectivity index (χ1n) is 11.7. The fourth-order valence-corrected chi connectivity index (χ4v) is 4.99. The molecule has 34 heavy (non-hydrogen) atoms. The molecule has 0 saturated carbocycles. The van der Waals surface area contributed by atoms with Gasteiger partial charge in [-0.25, -0.2) is 4.99 Å². The third-order valence-electron chi connectivity index (χ3n) is 6.93. The maximum Gasteiger partial charge on any atom is 0.196 e. The van der Waals surface area contributed by atoms with Crippen molar-refractivity contribution in [2.45, 2.75) is 6.10 Å². The predicted molar refractivity (Wildman–Crippen MR) is 132 cm³/mol. The Morgan fingerprint density at radius 1 is 1.03 bits per heavy atom. The van der Waals surface area contributed by atoms with Crippen molar-refractivity contribution in [3.8, 4) is 5.75 Å². The van der Waals surface area contributed by atoms with Gasteiger partial charge in [-0.1, -0.05) is 36.4 Å². The van der Waals surface area contributed by atoms with Crippen LogP contribution >= 0.6 is 0 Å². The van der Waals surface area contributed by atoms with Crippen LogP contribution in [-0.2, 0) is 0 Å². The number of aliphatic imine (C=N–C) groups is 1. The highest BCUT2D eigenvalue weighted by Crippen LogP contribution is 2.46. The number of ether oxygens (including phenoxy) is 1. The smallest absolute Gasteiger partial charge is 0.196 e. The van der Waals surface area contributed by atoms with E-state index in [0.29, 0.717) is 45.9 Å². The Hall–Kier alpha value is -3.55. The summed E-state index contributed by atoms with van der Waals surface area (Å²) in [4.78, 5) is 36.8. The van der Waals surface area contributed by atoms with Gasteiger partial charge in [0.2, 0.25) is 0 Å². The van der Waals surface area contributed by atoms with Crippen LogP contribution in [0.5, 0.6) is 5.75 Å². The molecule has 2 heterocycles. The van der Waals surface area contributed by atoms with Gasteiger partial charge in [0, 0.05) is 62.1 Å². The van der Waals surface area contributed by atoms with Crippen LogP contribution in [0.4, 0.5) is 11.4 Å². The van der Waals surface area contributed by atoms with Crippen molar-refractivity contribution in [3.05, 3.63) is 76.9 Å². The minimum Gasteiger partial charge on any atom is -0.478 e. The van der Waals surface area contributed by atoms with Gasteiger partial charge in [-0.05, 0) is 19.2 Å². The number of nitrogens with zero attached hydrogens (tertiary/aromatic N) is 3. The van der Waals surface area contributed by atoms with Crippen molar-refractivity contribution in [2.75, 3.05) is 51.6 Å². The van der Waals surface area contributed by atoms with E-state index in [1.807, 2.05) is 30.4 Å². The van der Waals surface area contributed by atoms with Gasteiger partial charge in [0.15, 0.2) is 17.7 Å². The van der Waals surface area contributed by atoms with Crippen molar-refractivity contribution >= 4 is 28.7 Å². The van der Waals surface area contributed by atoms with Crippen molar-refractivity contribution < 1.29 is 14.3 Å². The number of nitrogens with one attached hydrogen (secondary N) is 1. The lowest BCUT2D eigenvalue weighted by molar-refractivity contribution is 0.0979. The molecular weight excluding hydrogens is 428 g/mol. The van der Waals surface area contributed by atoms with Gasteiger partial charge in [-0.2, -0.15) is 0 Å². The molecular formula is C27H26N4O3. The summed E-state index contributed by atoms with van der Waals surface area (Å²) in [7, 11) is 2.14. The number of carbonyl (C=O) groups is 2. The third kappa shape index (κ3) is 3.48. The fourth-order valence-electron chi connectivity index (χ4n) is 4.99. The number of piperazine rings is 1. The van der Waals surface area contributed by atoms with Gasteiger partial charge >= 0.3 is 0 Å². The average Bonchev–Trinajstić information content (AvgIpc) is 2.86. The van der Waals surface area contributed by atoms with Crippen LogP contribution in [0.3, 0.4) is 0 Å². The average molecular weight is 455 g/mol. The van der Waals surface area contributed by atoms with Crippen molar-refractivity contribution in [1.82, 2.24) is 9.80 Å². The van der Waals surface area contributed by atoms with E-state index in [1.54, 1.807) is 24.3 Å². The van der Waals surface area contributed by atoms with Crippen LogP contribution in [0.15, 0.2) is 59.6 Å². The number of carbonyl (C=O) groups excluding carboxylic acids is 2.